The smallest absolute Gasteiger partial charge is 0.272 e. The molecule has 3 N–H and O–H groups in total. The summed E-state index contributed by atoms with van der Waals surface area (Å²) in [5.41, 5.74) is 1.39. The number of methoxy groups -OCH3 is 1. The number of fused-ring (bicyclic) bond motifs is 1. The lowest BCUT2D eigenvalue weighted by Gasteiger charge is -2.08. The van der Waals surface area contributed by atoms with Crippen molar-refractivity contribution in [1.29, 1.82) is 0 Å². The highest BCUT2D eigenvalue weighted by Crippen LogP contribution is 2.23. The van der Waals surface area contributed by atoms with Crippen molar-refractivity contribution in [2.24, 2.45) is 0 Å². The lowest BCUT2D eigenvalue weighted by Crippen LogP contribution is -2.13. The molecule has 1 heterocycles. The maximum Gasteiger partial charge on any atom is 0.272 e. The Morgan fingerprint density at radius 3 is 2.69 bits per heavy atom. The van der Waals surface area contributed by atoms with Gasteiger partial charge in [-0.3, -0.25) is 9.59 Å². The minimum atomic E-state index is -0.615. The summed E-state index contributed by atoms with van der Waals surface area (Å²) >= 11 is 0. The molecule has 0 saturated heterocycles. The predicted octanol–water partition coefficient (Wildman–Crippen LogP) is 3.69. The second kappa shape index (κ2) is 7.10. The Morgan fingerprint density at radius 1 is 1.15 bits per heavy atom. The molecule has 2 aromatic carbocycles. The Morgan fingerprint density at radius 2 is 1.96 bits per heavy atom. The third kappa shape index (κ3) is 3.56. The number of aromatic amines is 1. The van der Waals surface area contributed by atoms with Crippen molar-refractivity contribution in [2.75, 3.05) is 17.7 Å². The quantitative estimate of drug-likeness (QED) is 0.612. The maximum absolute atomic E-state index is 13.8. The molecule has 0 aliphatic heterocycles. The number of carbonyl (C=O) groups excluding carboxylic acids is 2. The Hall–Kier alpha value is -3.61. The number of hydrogen-bond acceptors (Lipinski definition) is 3. The van der Waals surface area contributed by atoms with E-state index in [1.54, 1.807) is 25.3 Å². The summed E-state index contributed by atoms with van der Waals surface area (Å²) in [4.78, 5) is 26.8. The summed E-state index contributed by atoms with van der Waals surface area (Å²) in [6.45, 7) is 3.31. The monoisotopic (exact) mass is 353 g/mol. The van der Waals surface area contributed by atoms with Crippen molar-refractivity contribution in [1.82, 2.24) is 4.98 Å². The Kier molecular flexibility index (Phi) is 4.70. The lowest BCUT2D eigenvalue weighted by atomic mass is 10.2. The molecule has 0 atom stereocenters. The van der Waals surface area contributed by atoms with Gasteiger partial charge in [-0.2, -0.15) is 0 Å². The standard InChI is InChI=1S/C19H16FN3O3/c1-3-18(24)23-16-9-12(5-7-14(16)20)21-19(25)17-8-11-4-6-13(26-2)10-15(11)22-17/h3-10,22H,1H2,2H3,(H,21,25)(H,23,24). The second-order valence-corrected chi connectivity index (χ2v) is 5.48. The summed E-state index contributed by atoms with van der Waals surface area (Å²) < 4.78 is 18.9. The van der Waals surface area contributed by atoms with Crippen LogP contribution in [-0.4, -0.2) is 23.9 Å². The molecule has 0 radical (unpaired) electrons. The van der Waals surface area contributed by atoms with E-state index in [0.717, 1.165) is 23.0 Å². The van der Waals surface area contributed by atoms with Gasteiger partial charge in [0.25, 0.3) is 5.91 Å². The molecule has 0 bridgehead atoms. The number of hydrogen-bond donors (Lipinski definition) is 3. The van der Waals surface area contributed by atoms with Crippen LogP contribution < -0.4 is 15.4 Å². The number of carbonyl (C=O) groups is 2. The first-order valence-corrected chi connectivity index (χ1v) is 7.71. The van der Waals surface area contributed by atoms with Crippen molar-refractivity contribution in [3.63, 3.8) is 0 Å². The van der Waals surface area contributed by atoms with Gasteiger partial charge in [-0.1, -0.05) is 6.58 Å². The SMILES string of the molecule is C=CC(=O)Nc1cc(NC(=O)c2cc3ccc(OC)cc3[nH]2)ccc1F. The molecule has 132 valence electrons. The zero-order valence-corrected chi connectivity index (χ0v) is 13.9. The molecule has 3 aromatic rings. The third-order valence-corrected chi connectivity index (χ3v) is 3.74. The molecular formula is C19H16FN3O3. The van der Waals surface area contributed by atoms with Crippen molar-refractivity contribution < 1.29 is 18.7 Å². The van der Waals surface area contributed by atoms with E-state index in [9.17, 15) is 14.0 Å². The molecule has 6 nitrogen and oxygen atoms in total. The maximum atomic E-state index is 13.8. The van der Waals surface area contributed by atoms with E-state index in [1.165, 1.54) is 12.1 Å². The molecule has 0 fully saturated rings. The van der Waals surface area contributed by atoms with Crippen LogP contribution in [0.25, 0.3) is 10.9 Å². The number of halogens is 1. The van der Waals surface area contributed by atoms with Crippen molar-refractivity contribution >= 4 is 34.1 Å². The van der Waals surface area contributed by atoms with Gasteiger partial charge in [0, 0.05) is 22.7 Å². The number of aromatic nitrogens is 1. The van der Waals surface area contributed by atoms with Crippen molar-refractivity contribution in [3.05, 3.63) is 66.6 Å². The first-order valence-electron chi connectivity index (χ1n) is 7.71. The number of nitrogens with one attached hydrogen (secondary N) is 3. The van der Waals surface area contributed by atoms with Crippen LogP contribution >= 0.6 is 0 Å². The van der Waals surface area contributed by atoms with Gasteiger partial charge in [0.15, 0.2) is 0 Å². The average molecular weight is 353 g/mol. The largest absolute Gasteiger partial charge is 0.497 e. The molecule has 0 unspecified atom stereocenters. The van der Waals surface area contributed by atoms with E-state index in [1.807, 2.05) is 6.07 Å². The molecule has 0 aliphatic carbocycles. The highest BCUT2D eigenvalue weighted by molar-refractivity contribution is 6.06. The number of rotatable bonds is 5. The van der Waals surface area contributed by atoms with E-state index in [-0.39, 0.29) is 5.69 Å². The summed E-state index contributed by atoms with van der Waals surface area (Å²) in [6, 6.07) is 11.0. The molecule has 0 spiro atoms. The Bertz CT molecular complexity index is 1010. The van der Waals surface area contributed by atoms with Crippen LogP contribution in [0, 0.1) is 5.82 Å². The van der Waals surface area contributed by atoms with Gasteiger partial charge < -0.3 is 20.4 Å². The van der Waals surface area contributed by atoms with Crippen molar-refractivity contribution in [2.45, 2.75) is 0 Å². The zero-order valence-electron chi connectivity index (χ0n) is 13.9. The van der Waals surface area contributed by atoms with Crippen LogP contribution in [0.1, 0.15) is 10.5 Å². The van der Waals surface area contributed by atoms with Gasteiger partial charge in [0.05, 0.1) is 12.8 Å². The van der Waals surface area contributed by atoms with Crippen LogP contribution in [0.3, 0.4) is 0 Å². The van der Waals surface area contributed by atoms with Crippen LogP contribution in [0.5, 0.6) is 5.75 Å². The third-order valence-electron chi connectivity index (χ3n) is 3.74. The van der Waals surface area contributed by atoms with E-state index < -0.39 is 17.6 Å². The summed E-state index contributed by atoms with van der Waals surface area (Å²) in [5, 5.41) is 5.86. The summed E-state index contributed by atoms with van der Waals surface area (Å²) in [5.74, 6) is -0.881. The molecule has 26 heavy (non-hydrogen) atoms. The number of H-pyrrole nitrogens is 1. The first kappa shape index (κ1) is 17.2. The zero-order chi connectivity index (χ0) is 18.7. The molecule has 3 rings (SSSR count). The predicted molar refractivity (Wildman–Crippen MR) is 98.0 cm³/mol. The van der Waals surface area contributed by atoms with Gasteiger partial charge in [0.2, 0.25) is 5.91 Å². The lowest BCUT2D eigenvalue weighted by molar-refractivity contribution is -0.111. The van der Waals surface area contributed by atoms with Gasteiger partial charge in [-0.05, 0) is 42.5 Å². The minimum Gasteiger partial charge on any atom is -0.497 e. The van der Waals surface area contributed by atoms with E-state index in [2.05, 4.69) is 22.2 Å². The first-order chi connectivity index (χ1) is 12.5. The second-order valence-electron chi connectivity index (χ2n) is 5.48. The Labute approximate surface area is 148 Å². The highest BCUT2D eigenvalue weighted by Gasteiger charge is 2.12. The summed E-state index contributed by atoms with van der Waals surface area (Å²) in [6.07, 6.45) is 1.03. The topological polar surface area (TPSA) is 83.2 Å². The molecule has 0 saturated carbocycles. The number of anilines is 2. The minimum absolute atomic E-state index is 0.0471. The van der Waals surface area contributed by atoms with Gasteiger partial charge >= 0.3 is 0 Å². The fraction of sp³-hybridized carbons (Fsp3) is 0.0526. The number of benzene rings is 2. The fourth-order valence-corrected chi connectivity index (χ4v) is 2.44. The van der Waals surface area contributed by atoms with E-state index >= 15 is 0 Å². The van der Waals surface area contributed by atoms with E-state index in [0.29, 0.717) is 17.1 Å². The average Bonchev–Trinajstić information content (AvgIpc) is 3.07. The molecule has 0 aliphatic rings. The molecular weight excluding hydrogens is 337 g/mol. The van der Waals surface area contributed by atoms with Crippen LogP contribution in [-0.2, 0) is 4.79 Å². The number of amides is 2. The molecule has 7 heteroatoms. The van der Waals surface area contributed by atoms with Gasteiger partial charge in [0.1, 0.15) is 17.3 Å². The van der Waals surface area contributed by atoms with Crippen LogP contribution in [0.4, 0.5) is 15.8 Å². The van der Waals surface area contributed by atoms with Crippen LogP contribution in [0.2, 0.25) is 0 Å². The normalized spacial score (nSPS) is 10.4. The summed E-state index contributed by atoms with van der Waals surface area (Å²) in [7, 11) is 1.56. The highest BCUT2D eigenvalue weighted by atomic mass is 19.1. The van der Waals surface area contributed by atoms with Gasteiger partial charge in [-0.25, -0.2) is 4.39 Å². The molecule has 2 amide bonds. The van der Waals surface area contributed by atoms with E-state index in [4.69, 9.17) is 4.74 Å². The van der Waals surface area contributed by atoms with Crippen molar-refractivity contribution in [3.8, 4) is 5.75 Å². The van der Waals surface area contributed by atoms with Gasteiger partial charge in [-0.15, -0.1) is 0 Å². The molecule has 1 aromatic heterocycles. The fourth-order valence-electron chi connectivity index (χ4n) is 2.44. The Balaban J connectivity index is 1.82. The van der Waals surface area contributed by atoms with Crippen LogP contribution in [0.15, 0.2) is 55.1 Å². The number of ether oxygens (including phenoxy) is 1.